The van der Waals surface area contributed by atoms with Crippen LogP contribution in [0.5, 0.6) is 5.75 Å². The van der Waals surface area contributed by atoms with Crippen LogP contribution in [0.3, 0.4) is 0 Å². The highest BCUT2D eigenvalue weighted by atomic mass is 16.5. The van der Waals surface area contributed by atoms with E-state index >= 15 is 0 Å². The number of ether oxygens (including phenoxy) is 1. The number of anilines is 1. The van der Waals surface area contributed by atoms with Gasteiger partial charge in [-0.1, -0.05) is 12.8 Å². The van der Waals surface area contributed by atoms with Crippen molar-refractivity contribution in [1.29, 1.82) is 0 Å². The lowest BCUT2D eigenvalue weighted by Crippen LogP contribution is -2.33. The van der Waals surface area contributed by atoms with Crippen LogP contribution >= 0.6 is 0 Å². The number of carbonyl (C=O) groups excluding carboxylic acids is 2. The number of nitrogens with one attached hydrogen (secondary N) is 1. The summed E-state index contributed by atoms with van der Waals surface area (Å²) in [4.78, 5) is 26.0. The molecule has 1 heterocycles. The van der Waals surface area contributed by atoms with Crippen molar-refractivity contribution in [2.75, 3.05) is 31.7 Å². The van der Waals surface area contributed by atoms with Crippen LogP contribution in [0.25, 0.3) is 0 Å². The fourth-order valence-electron chi connectivity index (χ4n) is 2.84. The van der Waals surface area contributed by atoms with E-state index in [-0.39, 0.29) is 30.8 Å². The molecule has 1 fully saturated rings. The number of benzene rings is 1. The van der Waals surface area contributed by atoms with Gasteiger partial charge in [-0.2, -0.15) is 0 Å². The van der Waals surface area contributed by atoms with Gasteiger partial charge in [0.25, 0.3) is 0 Å². The van der Waals surface area contributed by atoms with Crippen molar-refractivity contribution in [1.82, 2.24) is 5.32 Å². The molecule has 0 spiro atoms. The van der Waals surface area contributed by atoms with Crippen molar-refractivity contribution in [3.05, 3.63) is 24.3 Å². The topological polar surface area (TPSA) is 78.9 Å². The van der Waals surface area contributed by atoms with Gasteiger partial charge in [0.2, 0.25) is 11.8 Å². The van der Waals surface area contributed by atoms with E-state index in [0.717, 1.165) is 37.1 Å². The van der Waals surface area contributed by atoms with Gasteiger partial charge in [0.05, 0.1) is 13.0 Å². The molecule has 0 aliphatic carbocycles. The third kappa shape index (κ3) is 4.96. The van der Waals surface area contributed by atoms with E-state index in [1.54, 1.807) is 12.0 Å². The van der Waals surface area contributed by atoms with Gasteiger partial charge in [0, 0.05) is 31.8 Å². The second-order valence-corrected chi connectivity index (χ2v) is 6.03. The van der Waals surface area contributed by atoms with Crippen LogP contribution in [0.4, 0.5) is 5.69 Å². The SMILES string of the molecule is COc1ccc(N2C[C@H](C(=O)NCCCCCCO)CC2=O)cc1. The van der Waals surface area contributed by atoms with Gasteiger partial charge in [0.1, 0.15) is 5.75 Å². The quantitative estimate of drug-likeness (QED) is 0.674. The number of amides is 2. The number of rotatable bonds is 9. The minimum atomic E-state index is -0.294. The summed E-state index contributed by atoms with van der Waals surface area (Å²) in [5.41, 5.74) is 0.792. The van der Waals surface area contributed by atoms with Crippen molar-refractivity contribution >= 4 is 17.5 Å². The zero-order valence-electron chi connectivity index (χ0n) is 14.2. The maximum Gasteiger partial charge on any atom is 0.227 e. The molecule has 2 amide bonds. The molecular weight excluding hydrogens is 308 g/mol. The monoisotopic (exact) mass is 334 g/mol. The van der Waals surface area contributed by atoms with Crippen LogP contribution < -0.4 is 15.0 Å². The molecule has 0 aromatic heterocycles. The molecule has 1 atom stereocenters. The number of hydrogen-bond acceptors (Lipinski definition) is 4. The molecule has 1 aromatic carbocycles. The lowest BCUT2D eigenvalue weighted by molar-refractivity contribution is -0.126. The van der Waals surface area contributed by atoms with Gasteiger partial charge in [-0.25, -0.2) is 0 Å². The van der Waals surface area contributed by atoms with Crippen LogP contribution in [0.1, 0.15) is 32.1 Å². The van der Waals surface area contributed by atoms with Crippen molar-refractivity contribution in [2.24, 2.45) is 5.92 Å². The molecule has 2 rings (SSSR count). The molecule has 6 nitrogen and oxygen atoms in total. The van der Waals surface area contributed by atoms with E-state index < -0.39 is 0 Å². The second-order valence-electron chi connectivity index (χ2n) is 6.03. The fourth-order valence-corrected chi connectivity index (χ4v) is 2.84. The normalized spacial score (nSPS) is 17.2. The second kappa shape index (κ2) is 9.27. The Labute approximate surface area is 142 Å². The molecule has 0 unspecified atom stereocenters. The number of hydrogen-bond donors (Lipinski definition) is 2. The van der Waals surface area contributed by atoms with E-state index in [0.29, 0.717) is 13.1 Å². The predicted molar refractivity (Wildman–Crippen MR) is 92.0 cm³/mol. The molecule has 0 saturated carbocycles. The number of methoxy groups -OCH3 is 1. The first-order valence-corrected chi connectivity index (χ1v) is 8.48. The standard InChI is InChI=1S/C18H26N2O4/c1-24-16-8-6-15(7-9-16)20-13-14(12-17(20)22)18(23)19-10-4-2-3-5-11-21/h6-9,14,21H,2-5,10-13H2,1H3,(H,19,23)/t14-/m1/s1. The maximum absolute atomic E-state index is 12.2. The van der Waals surface area contributed by atoms with Gasteiger partial charge in [-0.3, -0.25) is 9.59 Å². The van der Waals surface area contributed by atoms with E-state index in [4.69, 9.17) is 9.84 Å². The molecule has 24 heavy (non-hydrogen) atoms. The third-order valence-corrected chi connectivity index (χ3v) is 4.26. The highest BCUT2D eigenvalue weighted by Crippen LogP contribution is 2.26. The van der Waals surface area contributed by atoms with E-state index in [2.05, 4.69) is 5.32 Å². The molecule has 1 aromatic rings. The van der Waals surface area contributed by atoms with Crippen molar-refractivity contribution in [2.45, 2.75) is 32.1 Å². The fraction of sp³-hybridized carbons (Fsp3) is 0.556. The van der Waals surface area contributed by atoms with E-state index in [1.807, 2.05) is 24.3 Å². The van der Waals surface area contributed by atoms with Gasteiger partial charge in [0.15, 0.2) is 0 Å². The van der Waals surface area contributed by atoms with Gasteiger partial charge >= 0.3 is 0 Å². The van der Waals surface area contributed by atoms with Crippen molar-refractivity contribution in [3.8, 4) is 5.75 Å². The van der Waals surface area contributed by atoms with Crippen LogP contribution in [-0.2, 0) is 9.59 Å². The minimum absolute atomic E-state index is 0.0248. The zero-order chi connectivity index (χ0) is 17.4. The smallest absolute Gasteiger partial charge is 0.227 e. The average Bonchev–Trinajstić information content (AvgIpc) is 3.00. The number of aliphatic hydroxyl groups is 1. The van der Waals surface area contributed by atoms with Gasteiger partial charge in [-0.15, -0.1) is 0 Å². The summed E-state index contributed by atoms with van der Waals surface area (Å²) in [6.45, 7) is 1.26. The van der Waals surface area contributed by atoms with Gasteiger partial charge in [-0.05, 0) is 37.1 Å². The molecule has 0 bridgehead atoms. The molecule has 6 heteroatoms. The van der Waals surface area contributed by atoms with Crippen LogP contribution in [0.15, 0.2) is 24.3 Å². The largest absolute Gasteiger partial charge is 0.497 e. The molecule has 1 aliphatic rings. The first-order valence-electron chi connectivity index (χ1n) is 8.48. The molecular formula is C18H26N2O4. The molecule has 2 N–H and O–H groups in total. The van der Waals surface area contributed by atoms with Crippen molar-refractivity contribution < 1.29 is 19.4 Å². The van der Waals surface area contributed by atoms with E-state index in [9.17, 15) is 9.59 Å². The minimum Gasteiger partial charge on any atom is -0.497 e. The highest BCUT2D eigenvalue weighted by molar-refractivity contribution is 6.00. The number of aliphatic hydroxyl groups excluding tert-OH is 1. The molecule has 132 valence electrons. The van der Waals surface area contributed by atoms with Crippen LogP contribution in [0, 0.1) is 5.92 Å². The lowest BCUT2D eigenvalue weighted by atomic mass is 10.1. The molecule has 1 saturated heterocycles. The summed E-state index contributed by atoms with van der Waals surface area (Å²) in [6.07, 6.45) is 3.92. The summed E-state index contributed by atoms with van der Waals surface area (Å²) in [6, 6.07) is 7.28. The Morgan fingerprint density at radius 3 is 2.62 bits per heavy atom. The first kappa shape index (κ1) is 18.3. The Kier molecular flexibility index (Phi) is 7.06. The number of unbranched alkanes of at least 4 members (excludes halogenated alkanes) is 3. The summed E-state index contributed by atoms with van der Waals surface area (Å²) in [5.74, 6) is 0.364. The Bertz CT molecular complexity index is 544. The van der Waals surface area contributed by atoms with Crippen LogP contribution in [-0.4, -0.2) is 43.7 Å². The number of carbonyl (C=O) groups is 2. The lowest BCUT2D eigenvalue weighted by Gasteiger charge is -2.17. The molecule has 1 aliphatic heterocycles. The van der Waals surface area contributed by atoms with Gasteiger partial charge < -0.3 is 20.1 Å². The summed E-state index contributed by atoms with van der Waals surface area (Å²) < 4.78 is 5.12. The number of nitrogens with zero attached hydrogens (tertiary/aromatic N) is 1. The molecule has 0 radical (unpaired) electrons. The zero-order valence-corrected chi connectivity index (χ0v) is 14.2. The van der Waals surface area contributed by atoms with E-state index in [1.165, 1.54) is 0 Å². The highest BCUT2D eigenvalue weighted by Gasteiger charge is 2.34. The Hall–Kier alpha value is -2.08. The predicted octanol–water partition coefficient (Wildman–Crippen LogP) is 1.72. The Morgan fingerprint density at radius 2 is 1.96 bits per heavy atom. The Balaban J connectivity index is 1.79. The Morgan fingerprint density at radius 1 is 1.25 bits per heavy atom. The van der Waals surface area contributed by atoms with Crippen LogP contribution in [0.2, 0.25) is 0 Å². The summed E-state index contributed by atoms with van der Waals surface area (Å²) in [5, 5.41) is 11.6. The first-order chi connectivity index (χ1) is 11.7. The van der Waals surface area contributed by atoms with Crippen molar-refractivity contribution in [3.63, 3.8) is 0 Å². The summed E-state index contributed by atoms with van der Waals surface area (Å²) >= 11 is 0. The third-order valence-electron chi connectivity index (χ3n) is 4.26. The average molecular weight is 334 g/mol. The summed E-state index contributed by atoms with van der Waals surface area (Å²) in [7, 11) is 1.60. The maximum atomic E-state index is 12.2.